The minimum absolute atomic E-state index is 0.219. The van der Waals surface area contributed by atoms with E-state index in [9.17, 15) is 15.3 Å². The molecule has 0 aliphatic carbocycles. The highest BCUT2D eigenvalue weighted by Gasteiger charge is 2.40. The maximum absolute atomic E-state index is 10.1. The number of nitrogens with one attached hydrogen (secondary N) is 1. The molecule has 1 fully saturated rings. The molecule has 0 amide bonds. The standard InChI is InChI=1S/C15H20N4O3/c20-9-13-15(22)14(21)12(17-13)8-19-11(7-16-18-19)6-10-4-2-1-3-5-10/h1-5,7,12-15,17,20-22H,6,8-9H2/t12-,13-,14-,15-/m1/s1. The van der Waals surface area contributed by atoms with Crippen LogP contribution in [0.3, 0.4) is 0 Å². The van der Waals surface area contributed by atoms with Crippen molar-refractivity contribution in [2.45, 2.75) is 37.3 Å². The smallest absolute Gasteiger partial charge is 0.0990 e. The van der Waals surface area contributed by atoms with Gasteiger partial charge in [0.25, 0.3) is 0 Å². The van der Waals surface area contributed by atoms with Gasteiger partial charge in [0.2, 0.25) is 0 Å². The molecule has 1 aliphatic rings. The van der Waals surface area contributed by atoms with Crippen molar-refractivity contribution in [2.24, 2.45) is 0 Å². The lowest BCUT2D eigenvalue weighted by molar-refractivity contribution is 0.0174. The van der Waals surface area contributed by atoms with Crippen LogP contribution < -0.4 is 5.32 Å². The summed E-state index contributed by atoms with van der Waals surface area (Å²) in [6.45, 7) is 0.167. The Bertz CT molecular complexity index is 604. The van der Waals surface area contributed by atoms with Crippen molar-refractivity contribution in [2.75, 3.05) is 6.61 Å². The van der Waals surface area contributed by atoms with Crippen LogP contribution in [0.5, 0.6) is 0 Å². The van der Waals surface area contributed by atoms with Crippen molar-refractivity contribution in [3.05, 3.63) is 47.8 Å². The van der Waals surface area contributed by atoms with Crippen LogP contribution >= 0.6 is 0 Å². The summed E-state index contributed by atoms with van der Waals surface area (Å²) in [4.78, 5) is 0. The molecule has 7 heteroatoms. The topological polar surface area (TPSA) is 103 Å². The maximum atomic E-state index is 10.1. The minimum atomic E-state index is -0.976. The van der Waals surface area contributed by atoms with Gasteiger partial charge in [0.15, 0.2) is 0 Å². The van der Waals surface area contributed by atoms with E-state index in [1.807, 2.05) is 30.3 Å². The largest absolute Gasteiger partial charge is 0.395 e. The molecule has 7 nitrogen and oxygen atoms in total. The molecule has 3 rings (SSSR count). The van der Waals surface area contributed by atoms with E-state index in [2.05, 4.69) is 15.6 Å². The number of hydrogen-bond acceptors (Lipinski definition) is 6. The lowest BCUT2D eigenvalue weighted by Crippen LogP contribution is -2.38. The van der Waals surface area contributed by atoms with Crippen LogP contribution in [0.2, 0.25) is 0 Å². The van der Waals surface area contributed by atoms with Crippen molar-refractivity contribution in [3.63, 3.8) is 0 Å². The van der Waals surface area contributed by atoms with E-state index in [4.69, 9.17) is 0 Å². The summed E-state index contributed by atoms with van der Waals surface area (Å²) in [5.74, 6) is 0. The Morgan fingerprint density at radius 3 is 2.50 bits per heavy atom. The predicted octanol–water partition coefficient (Wildman–Crippen LogP) is -1.08. The zero-order valence-electron chi connectivity index (χ0n) is 12.1. The summed E-state index contributed by atoms with van der Waals surface area (Å²) >= 11 is 0. The first-order valence-corrected chi connectivity index (χ1v) is 7.33. The molecule has 0 radical (unpaired) electrons. The Morgan fingerprint density at radius 1 is 1.09 bits per heavy atom. The van der Waals surface area contributed by atoms with E-state index >= 15 is 0 Å². The Kier molecular flexibility index (Phi) is 4.49. The van der Waals surface area contributed by atoms with Crippen LogP contribution in [0.15, 0.2) is 36.5 Å². The van der Waals surface area contributed by atoms with Gasteiger partial charge in [-0.25, -0.2) is 4.68 Å². The normalized spacial score (nSPS) is 28.1. The molecule has 0 bridgehead atoms. The van der Waals surface area contributed by atoms with Crippen LogP contribution in [0.1, 0.15) is 11.3 Å². The number of aliphatic hydroxyl groups is 3. The van der Waals surface area contributed by atoms with Crippen molar-refractivity contribution in [3.8, 4) is 0 Å². The van der Waals surface area contributed by atoms with Gasteiger partial charge in [0.1, 0.15) is 0 Å². The zero-order chi connectivity index (χ0) is 15.5. The molecule has 2 aromatic rings. The van der Waals surface area contributed by atoms with Gasteiger partial charge in [-0.1, -0.05) is 35.5 Å². The van der Waals surface area contributed by atoms with Crippen LogP contribution in [-0.2, 0) is 13.0 Å². The summed E-state index contributed by atoms with van der Waals surface area (Å²) in [5.41, 5.74) is 2.08. The second-order valence-corrected chi connectivity index (χ2v) is 5.61. The third kappa shape index (κ3) is 3.02. The Hall–Kier alpha value is -1.80. The first-order chi connectivity index (χ1) is 10.7. The monoisotopic (exact) mass is 304 g/mol. The van der Waals surface area contributed by atoms with Crippen LogP contribution in [0.4, 0.5) is 0 Å². The molecule has 0 unspecified atom stereocenters. The van der Waals surface area contributed by atoms with E-state index in [1.54, 1.807) is 10.9 Å². The number of nitrogens with zero attached hydrogens (tertiary/aromatic N) is 3. The van der Waals surface area contributed by atoms with Gasteiger partial charge in [0.05, 0.1) is 49.3 Å². The number of benzene rings is 1. The SMILES string of the molecule is OC[C@H]1N[C@H](Cn2nncc2Cc2ccccc2)[C@@H](O)[C@@H]1O. The highest BCUT2D eigenvalue weighted by Crippen LogP contribution is 2.17. The van der Waals surface area contributed by atoms with E-state index in [0.29, 0.717) is 13.0 Å². The number of aliphatic hydroxyl groups excluding tert-OH is 3. The average Bonchev–Trinajstić information content (AvgIpc) is 3.08. The molecule has 0 saturated carbocycles. The van der Waals surface area contributed by atoms with Gasteiger partial charge in [0, 0.05) is 6.42 Å². The molecule has 4 atom stereocenters. The molecule has 0 spiro atoms. The van der Waals surface area contributed by atoms with E-state index in [1.165, 1.54) is 0 Å². The number of hydrogen-bond donors (Lipinski definition) is 4. The van der Waals surface area contributed by atoms with Crippen molar-refractivity contribution in [1.82, 2.24) is 20.3 Å². The molecule has 22 heavy (non-hydrogen) atoms. The van der Waals surface area contributed by atoms with E-state index in [0.717, 1.165) is 11.3 Å². The van der Waals surface area contributed by atoms with Gasteiger partial charge >= 0.3 is 0 Å². The Morgan fingerprint density at radius 2 is 1.82 bits per heavy atom. The zero-order valence-corrected chi connectivity index (χ0v) is 12.1. The molecule has 2 heterocycles. The summed E-state index contributed by atoms with van der Waals surface area (Å²) in [5, 5.41) is 40.1. The quantitative estimate of drug-likeness (QED) is 0.560. The number of aromatic nitrogens is 3. The third-order valence-electron chi connectivity index (χ3n) is 4.09. The van der Waals surface area contributed by atoms with Crippen LogP contribution in [0, 0.1) is 0 Å². The fourth-order valence-corrected chi connectivity index (χ4v) is 2.83. The van der Waals surface area contributed by atoms with Gasteiger partial charge in [-0.3, -0.25) is 0 Å². The second kappa shape index (κ2) is 6.53. The second-order valence-electron chi connectivity index (χ2n) is 5.61. The minimum Gasteiger partial charge on any atom is -0.395 e. The molecule has 1 saturated heterocycles. The van der Waals surface area contributed by atoms with E-state index < -0.39 is 18.2 Å². The fourth-order valence-electron chi connectivity index (χ4n) is 2.83. The Balaban J connectivity index is 1.70. The Labute approximate surface area is 128 Å². The summed E-state index contributed by atoms with van der Waals surface area (Å²) < 4.78 is 1.72. The first kappa shape index (κ1) is 15.1. The van der Waals surface area contributed by atoms with Crippen molar-refractivity contribution in [1.29, 1.82) is 0 Å². The molecular weight excluding hydrogens is 284 g/mol. The van der Waals surface area contributed by atoms with Crippen LogP contribution in [0.25, 0.3) is 0 Å². The lowest BCUT2D eigenvalue weighted by Gasteiger charge is -2.16. The lowest BCUT2D eigenvalue weighted by atomic mass is 10.1. The van der Waals surface area contributed by atoms with Crippen LogP contribution in [-0.4, -0.2) is 61.2 Å². The molecular formula is C15H20N4O3. The number of rotatable bonds is 5. The van der Waals surface area contributed by atoms with E-state index in [-0.39, 0.29) is 12.6 Å². The fraction of sp³-hybridized carbons (Fsp3) is 0.467. The van der Waals surface area contributed by atoms with Crippen molar-refractivity contribution >= 4 is 0 Å². The predicted molar refractivity (Wildman–Crippen MR) is 79.1 cm³/mol. The first-order valence-electron chi connectivity index (χ1n) is 7.33. The average molecular weight is 304 g/mol. The summed E-state index contributed by atoms with van der Waals surface area (Å²) in [6, 6.07) is 9.11. The van der Waals surface area contributed by atoms with Gasteiger partial charge in [-0.05, 0) is 5.56 Å². The molecule has 4 N–H and O–H groups in total. The molecule has 118 valence electrons. The highest BCUT2D eigenvalue weighted by atomic mass is 16.3. The molecule has 1 aliphatic heterocycles. The van der Waals surface area contributed by atoms with Gasteiger partial charge in [-0.15, -0.1) is 5.10 Å². The molecule has 1 aromatic carbocycles. The van der Waals surface area contributed by atoms with Crippen molar-refractivity contribution < 1.29 is 15.3 Å². The molecule has 1 aromatic heterocycles. The maximum Gasteiger partial charge on any atom is 0.0990 e. The van der Waals surface area contributed by atoms with Gasteiger partial charge in [-0.2, -0.15) is 0 Å². The van der Waals surface area contributed by atoms with Gasteiger partial charge < -0.3 is 20.6 Å². The third-order valence-corrected chi connectivity index (χ3v) is 4.09. The summed E-state index contributed by atoms with van der Waals surface area (Å²) in [6.07, 6.45) is 0.485. The highest BCUT2D eigenvalue weighted by molar-refractivity contribution is 5.20. The summed E-state index contributed by atoms with van der Waals surface area (Å²) in [7, 11) is 0.